The highest BCUT2D eigenvalue weighted by Gasteiger charge is 2.29. The zero-order valence-electron chi connectivity index (χ0n) is 7.58. The van der Waals surface area contributed by atoms with Crippen molar-refractivity contribution in [3.63, 3.8) is 0 Å². The van der Waals surface area contributed by atoms with Gasteiger partial charge in [0.25, 0.3) is 0 Å². The highest BCUT2D eigenvalue weighted by molar-refractivity contribution is 5.68. The van der Waals surface area contributed by atoms with Crippen LogP contribution in [0.2, 0.25) is 0 Å². The van der Waals surface area contributed by atoms with Crippen molar-refractivity contribution in [1.29, 1.82) is 0 Å². The van der Waals surface area contributed by atoms with Gasteiger partial charge in [0, 0.05) is 0 Å². The monoisotopic (exact) mass is 172 g/mol. The number of carboxylic acid groups (broad SMARTS) is 1. The van der Waals surface area contributed by atoms with Crippen molar-refractivity contribution >= 4 is 5.97 Å². The summed E-state index contributed by atoms with van der Waals surface area (Å²) < 4.78 is 0. The van der Waals surface area contributed by atoms with Gasteiger partial charge in [0.15, 0.2) is 0 Å². The van der Waals surface area contributed by atoms with E-state index in [9.17, 15) is 9.90 Å². The fourth-order valence-electron chi connectivity index (χ4n) is 0.984. The van der Waals surface area contributed by atoms with Crippen molar-refractivity contribution in [2.75, 3.05) is 0 Å². The molecule has 0 radical (unpaired) electrons. The molecule has 2 N–H and O–H groups in total. The molecule has 0 aromatic heterocycles. The first kappa shape index (κ1) is 11.2. The van der Waals surface area contributed by atoms with E-state index in [4.69, 9.17) is 5.11 Å². The molecule has 2 unspecified atom stereocenters. The lowest BCUT2D eigenvalue weighted by atomic mass is 9.85. The minimum atomic E-state index is -1.14. The van der Waals surface area contributed by atoms with E-state index in [1.54, 1.807) is 6.08 Å². The van der Waals surface area contributed by atoms with Gasteiger partial charge < -0.3 is 10.2 Å². The maximum absolute atomic E-state index is 10.3. The molecule has 0 fully saturated rings. The third-order valence-electron chi connectivity index (χ3n) is 2.09. The summed E-state index contributed by atoms with van der Waals surface area (Å²) in [6, 6.07) is 0. The summed E-state index contributed by atoms with van der Waals surface area (Å²) in [4.78, 5) is 10.3. The molecule has 12 heavy (non-hydrogen) atoms. The van der Waals surface area contributed by atoms with Crippen LogP contribution in [-0.2, 0) is 4.79 Å². The standard InChI is InChI=1S/C9H16O3/c1-4-5-7(2)9(3,12)6-8(10)11/h4,7,12H,1,5-6H2,2-3H3,(H,10,11). The Labute approximate surface area is 72.7 Å². The average Bonchev–Trinajstić information content (AvgIpc) is 1.85. The lowest BCUT2D eigenvalue weighted by Gasteiger charge is -2.27. The predicted octanol–water partition coefficient (Wildman–Crippen LogP) is 1.42. The predicted molar refractivity (Wildman–Crippen MR) is 46.9 cm³/mol. The Balaban J connectivity index is 4.16. The SMILES string of the molecule is C=CCC(C)C(C)(O)CC(=O)O. The van der Waals surface area contributed by atoms with Crippen LogP contribution in [0, 0.1) is 5.92 Å². The smallest absolute Gasteiger partial charge is 0.306 e. The summed E-state index contributed by atoms with van der Waals surface area (Å²) in [6.45, 7) is 6.88. The van der Waals surface area contributed by atoms with Gasteiger partial charge in [-0.05, 0) is 19.3 Å². The topological polar surface area (TPSA) is 57.5 Å². The van der Waals surface area contributed by atoms with E-state index in [2.05, 4.69) is 6.58 Å². The maximum atomic E-state index is 10.3. The van der Waals surface area contributed by atoms with Crippen LogP contribution in [0.4, 0.5) is 0 Å². The van der Waals surface area contributed by atoms with Crippen LogP contribution in [0.15, 0.2) is 12.7 Å². The van der Waals surface area contributed by atoms with Crippen LogP contribution in [0.25, 0.3) is 0 Å². The Morgan fingerprint density at radius 1 is 1.75 bits per heavy atom. The quantitative estimate of drug-likeness (QED) is 0.617. The number of aliphatic carboxylic acids is 1. The number of carbonyl (C=O) groups is 1. The molecule has 0 aliphatic heterocycles. The number of rotatable bonds is 5. The molecule has 0 saturated heterocycles. The Morgan fingerprint density at radius 3 is 2.58 bits per heavy atom. The molecule has 0 amide bonds. The van der Waals surface area contributed by atoms with E-state index in [0.29, 0.717) is 6.42 Å². The molecule has 0 spiro atoms. The van der Waals surface area contributed by atoms with Crippen molar-refractivity contribution in [3.05, 3.63) is 12.7 Å². The number of carboxylic acids is 1. The molecule has 0 heterocycles. The van der Waals surface area contributed by atoms with Crippen LogP contribution in [-0.4, -0.2) is 21.8 Å². The van der Waals surface area contributed by atoms with Crippen molar-refractivity contribution < 1.29 is 15.0 Å². The Bertz CT molecular complexity index is 173. The maximum Gasteiger partial charge on any atom is 0.306 e. The van der Waals surface area contributed by atoms with Crippen molar-refractivity contribution in [1.82, 2.24) is 0 Å². The van der Waals surface area contributed by atoms with Crippen LogP contribution in [0.1, 0.15) is 26.7 Å². The molecule has 0 rings (SSSR count). The van der Waals surface area contributed by atoms with E-state index < -0.39 is 11.6 Å². The van der Waals surface area contributed by atoms with E-state index in [0.717, 1.165) is 0 Å². The highest BCUT2D eigenvalue weighted by atomic mass is 16.4. The number of allylic oxidation sites excluding steroid dienone is 1. The second-order valence-electron chi connectivity index (χ2n) is 3.35. The van der Waals surface area contributed by atoms with Gasteiger partial charge in [-0.25, -0.2) is 0 Å². The Hall–Kier alpha value is -0.830. The first-order valence-electron chi connectivity index (χ1n) is 3.95. The molecule has 0 bridgehead atoms. The van der Waals surface area contributed by atoms with Crippen LogP contribution in [0.5, 0.6) is 0 Å². The normalized spacial score (nSPS) is 17.9. The number of hydrogen-bond acceptors (Lipinski definition) is 2. The van der Waals surface area contributed by atoms with Crippen LogP contribution in [0.3, 0.4) is 0 Å². The summed E-state index contributed by atoms with van der Waals surface area (Å²) in [5.74, 6) is -1.05. The fraction of sp³-hybridized carbons (Fsp3) is 0.667. The minimum absolute atomic E-state index is 0.0777. The molecule has 2 atom stereocenters. The number of aliphatic hydroxyl groups is 1. The zero-order chi connectivity index (χ0) is 9.78. The molecule has 3 heteroatoms. The van der Waals surface area contributed by atoms with Crippen LogP contribution >= 0.6 is 0 Å². The van der Waals surface area contributed by atoms with Gasteiger partial charge >= 0.3 is 5.97 Å². The van der Waals surface area contributed by atoms with Crippen molar-refractivity contribution in [2.45, 2.75) is 32.3 Å². The van der Waals surface area contributed by atoms with Crippen molar-refractivity contribution in [3.8, 4) is 0 Å². The highest BCUT2D eigenvalue weighted by Crippen LogP contribution is 2.23. The molecule has 0 aromatic carbocycles. The number of hydrogen-bond donors (Lipinski definition) is 2. The molecular formula is C9H16O3. The van der Waals surface area contributed by atoms with E-state index >= 15 is 0 Å². The molecule has 0 aliphatic rings. The largest absolute Gasteiger partial charge is 0.481 e. The second kappa shape index (κ2) is 4.26. The van der Waals surface area contributed by atoms with E-state index in [1.165, 1.54) is 6.92 Å². The van der Waals surface area contributed by atoms with Crippen LogP contribution < -0.4 is 0 Å². The molecule has 3 nitrogen and oxygen atoms in total. The second-order valence-corrected chi connectivity index (χ2v) is 3.35. The first-order valence-corrected chi connectivity index (χ1v) is 3.95. The van der Waals surface area contributed by atoms with Gasteiger partial charge in [-0.1, -0.05) is 13.0 Å². The van der Waals surface area contributed by atoms with Gasteiger partial charge in [0.05, 0.1) is 12.0 Å². The Kier molecular flexibility index (Phi) is 3.96. The first-order chi connectivity index (χ1) is 5.40. The lowest BCUT2D eigenvalue weighted by Crippen LogP contribution is -2.35. The third-order valence-corrected chi connectivity index (χ3v) is 2.09. The molecular weight excluding hydrogens is 156 g/mol. The van der Waals surface area contributed by atoms with Gasteiger partial charge in [0.1, 0.15) is 0 Å². The Morgan fingerprint density at radius 2 is 2.25 bits per heavy atom. The van der Waals surface area contributed by atoms with Crippen molar-refractivity contribution in [2.24, 2.45) is 5.92 Å². The molecule has 0 aliphatic carbocycles. The molecule has 0 aromatic rings. The summed E-state index contributed by atoms with van der Waals surface area (Å²) in [7, 11) is 0. The summed E-state index contributed by atoms with van der Waals surface area (Å²) >= 11 is 0. The molecule has 0 saturated carbocycles. The summed E-state index contributed by atoms with van der Waals surface area (Å²) in [5.41, 5.74) is -1.14. The van der Waals surface area contributed by atoms with Gasteiger partial charge in [0.2, 0.25) is 0 Å². The van der Waals surface area contributed by atoms with Gasteiger partial charge in [-0.15, -0.1) is 6.58 Å². The van der Waals surface area contributed by atoms with E-state index in [1.807, 2.05) is 6.92 Å². The zero-order valence-corrected chi connectivity index (χ0v) is 7.58. The summed E-state index contributed by atoms with van der Waals surface area (Å²) in [5, 5.41) is 18.1. The average molecular weight is 172 g/mol. The molecule has 70 valence electrons. The fourth-order valence-corrected chi connectivity index (χ4v) is 0.984. The van der Waals surface area contributed by atoms with Gasteiger partial charge in [-0.3, -0.25) is 4.79 Å². The summed E-state index contributed by atoms with van der Waals surface area (Å²) in [6.07, 6.45) is 2.09. The third kappa shape index (κ3) is 3.53. The van der Waals surface area contributed by atoms with Gasteiger partial charge in [-0.2, -0.15) is 0 Å². The minimum Gasteiger partial charge on any atom is -0.481 e. The lowest BCUT2D eigenvalue weighted by molar-refractivity contribution is -0.143. The van der Waals surface area contributed by atoms with E-state index in [-0.39, 0.29) is 12.3 Å².